The molecular weight excluding hydrogens is 494 g/mol. The fourth-order valence-electron chi connectivity index (χ4n) is 5.41. The van der Waals surface area contributed by atoms with Crippen molar-refractivity contribution in [3.63, 3.8) is 0 Å². The first kappa shape index (κ1) is 25.0. The van der Waals surface area contributed by atoms with Crippen LogP contribution in [0.25, 0.3) is 5.69 Å². The van der Waals surface area contributed by atoms with Crippen molar-refractivity contribution in [3.05, 3.63) is 76.3 Å². The largest absolute Gasteiger partial charge is 0.506 e. The van der Waals surface area contributed by atoms with Gasteiger partial charge in [0.15, 0.2) is 5.11 Å². The van der Waals surface area contributed by atoms with Crippen LogP contribution >= 0.6 is 23.8 Å². The van der Waals surface area contributed by atoms with Gasteiger partial charge in [-0.25, -0.2) is 0 Å². The van der Waals surface area contributed by atoms with E-state index in [-0.39, 0.29) is 17.8 Å². The van der Waals surface area contributed by atoms with Crippen molar-refractivity contribution in [2.24, 2.45) is 0 Å². The summed E-state index contributed by atoms with van der Waals surface area (Å²) in [7, 11) is 0. The van der Waals surface area contributed by atoms with Gasteiger partial charge in [-0.15, -0.1) is 0 Å². The highest BCUT2D eigenvalue weighted by Crippen LogP contribution is 2.42. The number of aromatic nitrogens is 2. The van der Waals surface area contributed by atoms with Crippen LogP contribution in [-0.4, -0.2) is 69.0 Å². The van der Waals surface area contributed by atoms with Crippen LogP contribution in [0.3, 0.4) is 0 Å². The molecule has 7 nitrogen and oxygen atoms in total. The first-order chi connectivity index (χ1) is 17.4. The Morgan fingerprint density at radius 3 is 2.69 bits per heavy atom. The summed E-state index contributed by atoms with van der Waals surface area (Å²) in [4.78, 5) is 9.42. The standard InChI is InChI=1S/C27H32ClN5O2S/c1-18-16-21(19(2)33(18)23-17-20(28)7-8-24(23)34)26-25(22-6-3-4-9-29-22)30-27(36)32(26)11-5-10-31-12-14-35-15-13-31/h3-4,6-9,16-17,25-26,34H,5,10-15H2,1-2H3,(H,30,36)/t25-,26-/m0/s1. The average Bonchev–Trinajstić information content (AvgIpc) is 3.36. The number of phenolic OH excluding ortho intramolecular Hbond substituents is 1. The molecular formula is C27H32ClN5O2S. The number of hydrogen-bond donors (Lipinski definition) is 2. The average molecular weight is 526 g/mol. The predicted molar refractivity (Wildman–Crippen MR) is 146 cm³/mol. The number of thiocarbonyl (C=S) groups is 1. The molecule has 2 aliphatic heterocycles. The van der Waals surface area contributed by atoms with Crippen molar-refractivity contribution in [1.29, 1.82) is 0 Å². The normalized spacial score (nSPS) is 20.6. The Labute approximate surface area is 222 Å². The molecule has 0 aliphatic carbocycles. The highest BCUT2D eigenvalue weighted by Gasteiger charge is 2.41. The summed E-state index contributed by atoms with van der Waals surface area (Å²) in [5.74, 6) is 0.191. The highest BCUT2D eigenvalue weighted by atomic mass is 35.5. The molecule has 1 aromatic carbocycles. The van der Waals surface area contributed by atoms with E-state index in [1.54, 1.807) is 18.2 Å². The molecule has 3 aromatic rings. The molecule has 0 radical (unpaired) electrons. The van der Waals surface area contributed by atoms with Gasteiger partial charge in [0.05, 0.1) is 36.7 Å². The first-order valence-electron chi connectivity index (χ1n) is 12.4. The summed E-state index contributed by atoms with van der Waals surface area (Å²) in [5, 5.41) is 15.5. The van der Waals surface area contributed by atoms with Crippen LogP contribution in [0.2, 0.25) is 5.02 Å². The van der Waals surface area contributed by atoms with Crippen LogP contribution in [0, 0.1) is 13.8 Å². The van der Waals surface area contributed by atoms with Gasteiger partial charge < -0.3 is 24.6 Å². The Morgan fingerprint density at radius 1 is 1.14 bits per heavy atom. The Kier molecular flexibility index (Phi) is 7.48. The number of rotatable bonds is 7. The van der Waals surface area contributed by atoms with Gasteiger partial charge in [0.1, 0.15) is 5.75 Å². The molecule has 2 saturated heterocycles. The Balaban J connectivity index is 1.50. The molecule has 0 unspecified atom stereocenters. The Morgan fingerprint density at radius 2 is 1.94 bits per heavy atom. The quantitative estimate of drug-likeness (QED) is 0.439. The van der Waals surface area contributed by atoms with Gasteiger partial charge in [0.2, 0.25) is 0 Å². The molecule has 5 rings (SSSR count). The number of pyridine rings is 1. The second-order valence-electron chi connectivity index (χ2n) is 9.42. The molecule has 0 spiro atoms. The van der Waals surface area contributed by atoms with Gasteiger partial charge in [-0.3, -0.25) is 9.88 Å². The van der Waals surface area contributed by atoms with Crippen molar-refractivity contribution in [1.82, 2.24) is 24.7 Å². The van der Waals surface area contributed by atoms with Crippen molar-refractivity contribution >= 4 is 28.9 Å². The van der Waals surface area contributed by atoms with Gasteiger partial charge in [-0.2, -0.15) is 0 Å². The van der Waals surface area contributed by atoms with Gasteiger partial charge in [0, 0.05) is 48.8 Å². The molecule has 0 amide bonds. The monoisotopic (exact) mass is 525 g/mol. The zero-order chi connectivity index (χ0) is 25.2. The van der Waals surface area contributed by atoms with E-state index < -0.39 is 0 Å². The second-order valence-corrected chi connectivity index (χ2v) is 10.2. The smallest absolute Gasteiger partial charge is 0.170 e. The lowest BCUT2D eigenvalue weighted by Gasteiger charge is -2.30. The van der Waals surface area contributed by atoms with E-state index in [2.05, 4.69) is 44.6 Å². The van der Waals surface area contributed by atoms with E-state index in [9.17, 15) is 5.11 Å². The summed E-state index contributed by atoms with van der Waals surface area (Å²) in [6, 6.07) is 13.2. The maximum Gasteiger partial charge on any atom is 0.170 e. The van der Waals surface area contributed by atoms with Gasteiger partial charge >= 0.3 is 0 Å². The van der Waals surface area contributed by atoms with Gasteiger partial charge in [-0.1, -0.05) is 17.7 Å². The number of hydrogen-bond acceptors (Lipinski definition) is 5. The summed E-state index contributed by atoms with van der Waals surface area (Å²) in [6.45, 7) is 9.55. The molecule has 4 heterocycles. The topological polar surface area (TPSA) is 65.8 Å². The molecule has 2 aromatic heterocycles. The zero-order valence-corrected chi connectivity index (χ0v) is 22.2. The first-order valence-corrected chi connectivity index (χ1v) is 13.2. The maximum absolute atomic E-state index is 10.6. The molecule has 2 aliphatic rings. The SMILES string of the molecule is Cc1cc([C@H]2[C@H](c3ccccn3)NC(=S)N2CCCN2CCOCC2)c(C)n1-c1cc(Cl)ccc1O. The Hall–Kier alpha value is -2.65. The number of aromatic hydroxyl groups is 1. The van der Waals surface area contributed by atoms with Crippen LogP contribution in [0.5, 0.6) is 5.75 Å². The summed E-state index contributed by atoms with van der Waals surface area (Å²) < 4.78 is 7.56. The van der Waals surface area contributed by atoms with Crippen LogP contribution < -0.4 is 5.32 Å². The van der Waals surface area contributed by atoms with E-state index >= 15 is 0 Å². The minimum Gasteiger partial charge on any atom is -0.506 e. The van der Waals surface area contributed by atoms with E-state index in [0.29, 0.717) is 10.7 Å². The van der Waals surface area contributed by atoms with Crippen LogP contribution in [0.4, 0.5) is 0 Å². The number of morpholine rings is 1. The van der Waals surface area contributed by atoms with Crippen molar-refractivity contribution in [2.75, 3.05) is 39.4 Å². The van der Waals surface area contributed by atoms with Crippen molar-refractivity contribution < 1.29 is 9.84 Å². The molecule has 2 fully saturated rings. The van der Waals surface area contributed by atoms with Crippen LogP contribution in [-0.2, 0) is 4.74 Å². The minimum absolute atomic E-state index is 0.0293. The summed E-state index contributed by atoms with van der Waals surface area (Å²) in [6.07, 6.45) is 2.83. The van der Waals surface area contributed by atoms with Crippen LogP contribution in [0.15, 0.2) is 48.7 Å². The van der Waals surface area contributed by atoms with E-state index in [0.717, 1.165) is 73.6 Å². The molecule has 36 heavy (non-hydrogen) atoms. The third-order valence-electron chi connectivity index (χ3n) is 7.14. The van der Waals surface area contributed by atoms with Crippen LogP contribution in [0.1, 0.15) is 41.1 Å². The lowest BCUT2D eigenvalue weighted by atomic mass is 9.96. The fraction of sp³-hybridized carbons (Fsp3) is 0.407. The number of phenols is 1. The maximum atomic E-state index is 10.6. The number of nitrogens with zero attached hydrogens (tertiary/aromatic N) is 4. The van der Waals surface area contributed by atoms with E-state index in [1.165, 1.54) is 0 Å². The molecule has 190 valence electrons. The summed E-state index contributed by atoms with van der Waals surface area (Å²) in [5.41, 5.74) is 4.84. The van der Waals surface area contributed by atoms with E-state index in [1.807, 2.05) is 24.4 Å². The number of benzene rings is 1. The number of halogens is 1. The molecule has 0 saturated carbocycles. The second kappa shape index (κ2) is 10.8. The third kappa shape index (κ3) is 4.95. The molecule has 0 bridgehead atoms. The highest BCUT2D eigenvalue weighted by molar-refractivity contribution is 7.80. The number of nitrogens with one attached hydrogen (secondary N) is 1. The molecule has 9 heteroatoms. The number of ether oxygens (including phenoxy) is 1. The number of aryl methyl sites for hydroxylation is 1. The lowest BCUT2D eigenvalue weighted by molar-refractivity contribution is 0.0365. The minimum atomic E-state index is -0.0796. The molecule has 2 N–H and O–H groups in total. The molecule has 2 atom stereocenters. The van der Waals surface area contributed by atoms with E-state index in [4.69, 9.17) is 28.6 Å². The third-order valence-corrected chi connectivity index (χ3v) is 7.73. The summed E-state index contributed by atoms with van der Waals surface area (Å²) >= 11 is 12.2. The van der Waals surface area contributed by atoms with Crippen molar-refractivity contribution in [2.45, 2.75) is 32.4 Å². The zero-order valence-electron chi connectivity index (χ0n) is 20.7. The Bertz CT molecular complexity index is 1230. The fourth-order valence-corrected chi connectivity index (χ4v) is 5.91. The predicted octanol–water partition coefficient (Wildman–Crippen LogP) is 4.54. The van der Waals surface area contributed by atoms with Crippen molar-refractivity contribution in [3.8, 4) is 11.4 Å². The lowest BCUT2D eigenvalue weighted by Crippen LogP contribution is -2.39. The van der Waals surface area contributed by atoms with Gasteiger partial charge in [0.25, 0.3) is 0 Å². The van der Waals surface area contributed by atoms with Gasteiger partial charge in [-0.05, 0) is 74.4 Å².